The van der Waals surface area contributed by atoms with Gasteiger partial charge < -0.3 is 24.4 Å². The maximum atomic E-state index is 14.1. The molecule has 0 amide bonds. The molecule has 0 rings (SSSR count). The van der Waals surface area contributed by atoms with Crippen LogP contribution in [0.5, 0.6) is 0 Å². The van der Waals surface area contributed by atoms with Crippen molar-refractivity contribution in [1.29, 1.82) is 0 Å². The molecule has 0 radical (unpaired) electrons. The van der Waals surface area contributed by atoms with Gasteiger partial charge in [0.25, 0.3) is 0 Å². The van der Waals surface area contributed by atoms with Crippen molar-refractivity contribution in [3.8, 4) is 0 Å². The average Bonchev–Trinajstić information content (AvgIpc) is 3.08. The molecule has 0 aromatic carbocycles. The second kappa shape index (κ2) is 18.9. The van der Waals surface area contributed by atoms with Crippen LogP contribution in [0.1, 0.15) is 26.7 Å². The molecule has 404 valence electrons. The van der Waals surface area contributed by atoms with Crippen LogP contribution in [0.15, 0.2) is 0 Å². The number of halogens is 34. The minimum Gasteiger partial charge on any atom is -0.390 e. The topological polar surface area (TPSA) is 68.2 Å². The average molecular weight is 1090 g/mol. The predicted molar refractivity (Wildman–Crippen MR) is 144 cm³/mol. The minimum atomic E-state index is -8.92. The molecule has 4 unspecified atom stereocenters. The summed E-state index contributed by atoms with van der Waals surface area (Å²) in [5, 5.41) is 18.9. The quantitative estimate of drug-likeness (QED) is 0.0845. The Morgan fingerprint density at radius 1 is 0.284 bits per heavy atom. The third-order valence-electron chi connectivity index (χ3n) is 8.35. The van der Waals surface area contributed by atoms with Gasteiger partial charge in [-0.1, -0.05) is 0 Å². The number of hydrogen-bond acceptors (Lipinski definition) is 5. The van der Waals surface area contributed by atoms with Crippen molar-refractivity contribution in [1.82, 2.24) is 0 Å². The summed E-state index contributed by atoms with van der Waals surface area (Å²) in [6, 6.07) is 0. The third kappa shape index (κ3) is 10.7. The van der Waals surface area contributed by atoms with Crippen LogP contribution in [0.3, 0.4) is 0 Å². The Labute approximate surface area is 347 Å². The zero-order valence-corrected chi connectivity index (χ0v) is 31.5. The maximum absolute atomic E-state index is 14.1. The van der Waals surface area contributed by atoms with E-state index in [1.807, 2.05) is 0 Å². The van der Waals surface area contributed by atoms with Gasteiger partial charge >= 0.3 is 95.3 Å². The molecule has 0 heterocycles. The van der Waals surface area contributed by atoms with Crippen molar-refractivity contribution in [2.75, 3.05) is 26.4 Å². The summed E-state index contributed by atoms with van der Waals surface area (Å²) >= 11 is 0. The second-order valence-electron chi connectivity index (χ2n) is 13.8. The van der Waals surface area contributed by atoms with Gasteiger partial charge in [-0.05, 0) is 13.8 Å². The molecule has 0 spiro atoms. The van der Waals surface area contributed by atoms with Crippen molar-refractivity contribution in [3.05, 3.63) is 0 Å². The Morgan fingerprint density at radius 3 is 0.657 bits per heavy atom. The summed E-state index contributed by atoms with van der Waals surface area (Å²) in [6.45, 7) is -4.49. The van der Waals surface area contributed by atoms with Crippen molar-refractivity contribution in [2.45, 2.75) is 146 Å². The lowest BCUT2D eigenvalue weighted by Gasteiger charge is -2.43. The number of alkyl halides is 34. The highest BCUT2D eigenvalue weighted by atomic mass is 19.4. The first-order valence-corrected chi connectivity index (χ1v) is 16.4. The molecule has 0 fully saturated rings. The Hall–Kier alpha value is -2.58. The van der Waals surface area contributed by atoms with Crippen LogP contribution >= 0.6 is 0 Å². The first kappa shape index (κ1) is 64.4. The molecule has 4 atom stereocenters. The van der Waals surface area contributed by atoms with Crippen LogP contribution in [0, 0.1) is 0 Å². The van der Waals surface area contributed by atoms with Gasteiger partial charge in [0.1, 0.15) is 0 Å². The van der Waals surface area contributed by atoms with E-state index in [0.29, 0.717) is 0 Å². The summed E-state index contributed by atoms with van der Waals surface area (Å²) in [4.78, 5) is 0. The summed E-state index contributed by atoms with van der Waals surface area (Å²) in [7, 11) is 0. The van der Waals surface area contributed by atoms with Gasteiger partial charge in [-0.3, -0.25) is 0 Å². The van der Waals surface area contributed by atoms with Crippen LogP contribution in [0.2, 0.25) is 0 Å². The standard InChI is InChI=1S/C28H24F34O5/c1-9(5-65-7-11(63)3-13(29,30)15(33,34)17(37,38)19(41,42)21(45,46)23(49,50)25(53,54)27(57,58)59)67-10(2)6-66-8-12(64)4-14(31,32)16(35,36)18(39,40)20(43,44)22(47,48)24(51,52)26(55,56)28(60,61)62/h9-12,63-64H,3-8H2,1-2H3. The molecule has 0 aliphatic rings. The molecular weight excluding hydrogens is 1060 g/mol. The fourth-order valence-corrected chi connectivity index (χ4v) is 4.57. The van der Waals surface area contributed by atoms with E-state index in [4.69, 9.17) is 4.74 Å². The van der Waals surface area contributed by atoms with Crippen LogP contribution in [-0.2, 0) is 14.2 Å². The predicted octanol–water partition coefficient (Wildman–Crippen LogP) is 11.3. The van der Waals surface area contributed by atoms with Crippen LogP contribution in [-0.4, -0.2) is 156 Å². The first-order valence-electron chi connectivity index (χ1n) is 16.4. The van der Waals surface area contributed by atoms with Gasteiger partial charge in [-0.15, -0.1) is 0 Å². The number of aliphatic hydroxyl groups is 2. The molecule has 0 aliphatic carbocycles. The maximum Gasteiger partial charge on any atom is 0.460 e. The van der Waals surface area contributed by atoms with E-state index in [1.165, 1.54) is 0 Å². The van der Waals surface area contributed by atoms with Crippen LogP contribution in [0.4, 0.5) is 149 Å². The van der Waals surface area contributed by atoms with E-state index in [0.717, 1.165) is 13.8 Å². The van der Waals surface area contributed by atoms with Crippen molar-refractivity contribution in [2.24, 2.45) is 0 Å². The fourth-order valence-electron chi connectivity index (χ4n) is 4.57. The molecule has 2 N–H and O–H groups in total. The molecule has 0 aromatic heterocycles. The van der Waals surface area contributed by atoms with E-state index < -0.39 is 159 Å². The van der Waals surface area contributed by atoms with Gasteiger partial charge in [0.2, 0.25) is 0 Å². The number of ether oxygens (including phenoxy) is 3. The van der Waals surface area contributed by atoms with Crippen molar-refractivity contribution < 1.29 is 174 Å². The monoisotopic (exact) mass is 1090 g/mol. The van der Waals surface area contributed by atoms with Crippen molar-refractivity contribution >= 4 is 0 Å². The molecule has 0 bridgehead atoms. The molecule has 67 heavy (non-hydrogen) atoms. The smallest absolute Gasteiger partial charge is 0.390 e. The lowest BCUT2D eigenvalue weighted by Crippen LogP contribution is -2.74. The summed E-state index contributed by atoms with van der Waals surface area (Å²) in [5.74, 6) is -118. The van der Waals surface area contributed by atoms with Gasteiger partial charge in [0.05, 0.1) is 50.8 Å². The number of hydrogen-bond donors (Lipinski definition) is 2. The van der Waals surface area contributed by atoms with E-state index in [-0.39, 0.29) is 0 Å². The number of rotatable bonds is 26. The fraction of sp³-hybridized carbons (Fsp3) is 1.00. The lowest BCUT2D eigenvalue weighted by molar-refractivity contribution is -0.462. The molecular formula is C28H24F34O5. The van der Waals surface area contributed by atoms with Crippen molar-refractivity contribution in [3.63, 3.8) is 0 Å². The first-order chi connectivity index (χ1) is 28.8. The highest BCUT2D eigenvalue weighted by molar-refractivity contribution is 5.16. The Balaban J connectivity index is 5.65. The van der Waals surface area contributed by atoms with Gasteiger partial charge in [-0.25, -0.2) is 0 Å². The lowest BCUT2D eigenvalue weighted by atomic mass is 9.88. The highest BCUT2D eigenvalue weighted by Crippen LogP contribution is 2.66. The van der Waals surface area contributed by atoms with Gasteiger partial charge in [0.15, 0.2) is 0 Å². The van der Waals surface area contributed by atoms with E-state index >= 15 is 0 Å². The highest BCUT2D eigenvalue weighted by Gasteiger charge is 2.97. The van der Waals surface area contributed by atoms with E-state index in [2.05, 4.69) is 9.47 Å². The van der Waals surface area contributed by atoms with Crippen LogP contribution in [0.25, 0.3) is 0 Å². The second-order valence-corrected chi connectivity index (χ2v) is 13.8. The van der Waals surface area contributed by atoms with Gasteiger partial charge in [-0.2, -0.15) is 149 Å². The van der Waals surface area contributed by atoms with Crippen LogP contribution < -0.4 is 0 Å². The van der Waals surface area contributed by atoms with E-state index in [9.17, 15) is 159 Å². The number of aliphatic hydroxyl groups excluding tert-OH is 2. The third-order valence-corrected chi connectivity index (χ3v) is 8.35. The molecule has 39 heteroatoms. The SMILES string of the molecule is CC(COCC(O)CC(F)(F)C(F)(F)C(F)(F)C(F)(F)C(F)(F)C(F)(F)C(F)(F)C(F)(F)F)OC(C)COCC(O)CC(F)(F)C(F)(F)C(F)(F)C(F)(F)C(F)(F)C(F)(F)C(F)(F)C(F)(F)F. The van der Waals surface area contributed by atoms with E-state index in [1.54, 1.807) is 0 Å². The Bertz CT molecular complexity index is 1500. The zero-order valence-electron chi connectivity index (χ0n) is 31.5. The molecule has 5 nitrogen and oxygen atoms in total. The molecule has 0 aliphatic heterocycles. The minimum absolute atomic E-state index is 0.795. The summed E-state index contributed by atoms with van der Waals surface area (Å²) < 4.78 is 469. The summed E-state index contributed by atoms with van der Waals surface area (Å²) in [6.07, 6.45) is -32.6. The molecule has 0 saturated heterocycles. The zero-order chi connectivity index (χ0) is 54.7. The normalized spacial score (nSPS) is 18.0. The Morgan fingerprint density at radius 2 is 0.463 bits per heavy atom. The molecule has 0 aromatic rings. The largest absolute Gasteiger partial charge is 0.460 e. The molecule has 0 saturated carbocycles. The summed E-state index contributed by atoms with van der Waals surface area (Å²) in [5.41, 5.74) is 0. The van der Waals surface area contributed by atoms with Gasteiger partial charge in [0, 0.05) is 12.8 Å². The Kier molecular flexibility index (Phi) is 18.1.